The number of aromatic amines is 1. The molecule has 1 aliphatic rings. The van der Waals surface area contributed by atoms with Crippen molar-refractivity contribution in [2.24, 2.45) is 0 Å². The lowest BCUT2D eigenvalue weighted by Crippen LogP contribution is -2.37. The predicted octanol–water partition coefficient (Wildman–Crippen LogP) is 4.65. The zero-order chi connectivity index (χ0) is 22.6. The van der Waals surface area contributed by atoms with Gasteiger partial charge in [0.1, 0.15) is 16.5 Å². The van der Waals surface area contributed by atoms with Gasteiger partial charge in [0.25, 0.3) is 0 Å². The van der Waals surface area contributed by atoms with Crippen LogP contribution in [-0.2, 0) is 11.2 Å². The second-order valence-corrected chi connectivity index (χ2v) is 10.2. The number of hydrogen-bond acceptors (Lipinski definition) is 7. The van der Waals surface area contributed by atoms with Crippen LogP contribution in [0, 0.1) is 6.92 Å². The van der Waals surface area contributed by atoms with Gasteiger partial charge in [-0.2, -0.15) is 0 Å². The van der Waals surface area contributed by atoms with Crippen molar-refractivity contribution < 1.29 is 4.79 Å². The zero-order valence-corrected chi connectivity index (χ0v) is 20.4. The number of carbonyl (C=O) groups excluding carboxylic acids is 1. The number of nitrogens with one attached hydrogen (secondary N) is 2. The molecule has 1 aromatic carbocycles. The number of fused-ring (bicyclic) bond motifs is 1. The molecule has 0 spiro atoms. The fourth-order valence-corrected chi connectivity index (χ4v) is 5.75. The van der Waals surface area contributed by atoms with Gasteiger partial charge in [0.15, 0.2) is 0 Å². The van der Waals surface area contributed by atoms with Crippen LogP contribution < -0.4 is 5.32 Å². The van der Waals surface area contributed by atoms with Gasteiger partial charge in [-0.05, 0) is 45.0 Å². The molecule has 0 aliphatic carbocycles. The summed E-state index contributed by atoms with van der Waals surface area (Å²) < 4.78 is 1.13. The third-order valence-electron chi connectivity index (χ3n) is 5.98. The molecule has 0 radical (unpaired) electrons. The van der Waals surface area contributed by atoms with Crippen molar-refractivity contribution in [3.63, 3.8) is 0 Å². The van der Waals surface area contributed by atoms with E-state index in [4.69, 9.17) is 4.98 Å². The van der Waals surface area contributed by atoms with Gasteiger partial charge in [0, 0.05) is 42.6 Å². The molecule has 172 valence electrons. The number of aryl methyl sites for hydroxylation is 2. The number of benzene rings is 1. The average molecular weight is 481 g/mol. The zero-order valence-electron chi connectivity index (χ0n) is 18.8. The Hall–Kier alpha value is -2.62. The van der Waals surface area contributed by atoms with Crippen molar-refractivity contribution in [2.75, 3.05) is 26.2 Å². The standard InChI is InChI=1S/C24H28N6OS2/c1-16-14-32-24(27-16)23-22(17-5-6-18-19(13-17)33-15-26-18)28-20(29-23)7-8-21(31)25-9-12-30-10-3-2-4-11-30/h5-6,13-15H,2-4,7-12H2,1H3,(H,25,31)(H,28,29). The smallest absolute Gasteiger partial charge is 0.220 e. The lowest BCUT2D eigenvalue weighted by molar-refractivity contribution is -0.121. The van der Waals surface area contributed by atoms with Crippen molar-refractivity contribution in [3.8, 4) is 22.0 Å². The Morgan fingerprint density at radius 2 is 2.06 bits per heavy atom. The molecular formula is C24H28N6OS2. The van der Waals surface area contributed by atoms with Gasteiger partial charge in [0.05, 0.1) is 21.4 Å². The number of hydrogen-bond donors (Lipinski definition) is 2. The van der Waals surface area contributed by atoms with E-state index in [-0.39, 0.29) is 5.91 Å². The van der Waals surface area contributed by atoms with Gasteiger partial charge < -0.3 is 15.2 Å². The van der Waals surface area contributed by atoms with E-state index in [1.54, 1.807) is 22.7 Å². The fourth-order valence-electron chi connectivity index (χ4n) is 4.23. The number of H-pyrrole nitrogens is 1. The quantitative estimate of drug-likeness (QED) is 0.383. The van der Waals surface area contributed by atoms with Gasteiger partial charge in [-0.15, -0.1) is 22.7 Å². The maximum absolute atomic E-state index is 12.4. The van der Waals surface area contributed by atoms with Crippen LogP contribution in [0.3, 0.4) is 0 Å². The number of thiazole rings is 2. The number of piperidine rings is 1. The monoisotopic (exact) mass is 480 g/mol. The van der Waals surface area contributed by atoms with E-state index in [1.165, 1.54) is 19.3 Å². The molecule has 1 saturated heterocycles. The van der Waals surface area contributed by atoms with E-state index in [0.29, 0.717) is 19.4 Å². The topological polar surface area (TPSA) is 86.8 Å². The summed E-state index contributed by atoms with van der Waals surface area (Å²) in [7, 11) is 0. The lowest BCUT2D eigenvalue weighted by Gasteiger charge is -2.26. The van der Waals surface area contributed by atoms with Gasteiger partial charge in [-0.25, -0.2) is 15.0 Å². The summed E-state index contributed by atoms with van der Waals surface area (Å²) in [5, 5.41) is 6.02. The van der Waals surface area contributed by atoms with E-state index in [1.807, 2.05) is 23.9 Å². The Labute approximate surface area is 201 Å². The van der Waals surface area contributed by atoms with E-state index >= 15 is 0 Å². The molecule has 4 heterocycles. The molecule has 4 aromatic rings. The number of rotatable bonds is 8. The van der Waals surface area contributed by atoms with E-state index < -0.39 is 0 Å². The Morgan fingerprint density at radius 1 is 1.18 bits per heavy atom. The average Bonchev–Trinajstić information content (AvgIpc) is 3.57. The summed E-state index contributed by atoms with van der Waals surface area (Å²) in [6.07, 6.45) is 4.85. The normalized spacial score (nSPS) is 14.7. The van der Waals surface area contributed by atoms with Crippen molar-refractivity contribution >= 4 is 38.8 Å². The largest absolute Gasteiger partial charge is 0.355 e. The van der Waals surface area contributed by atoms with E-state index in [0.717, 1.165) is 63.3 Å². The minimum atomic E-state index is 0.0719. The second kappa shape index (κ2) is 10.1. The Morgan fingerprint density at radius 3 is 2.88 bits per heavy atom. The van der Waals surface area contributed by atoms with Crippen molar-refractivity contribution in [1.82, 2.24) is 30.2 Å². The molecule has 0 saturated carbocycles. The molecule has 0 unspecified atom stereocenters. The van der Waals surface area contributed by atoms with Crippen LogP contribution in [0.5, 0.6) is 0 Å². The SMILES string of the molecule is Cc1csc(-c2[nH]c(CCC(=O)NCCN3CCCCC3)nc2-c2ccc3ncsc3c2)n1. The summed E-state index contributed by atoms with van der Waals surface area (Å²) in [6, 6.07) is 6.21. The van der Waals surface area contributed by atoms with Crippen LogP contribution in [0.25, 0.3) is 32.2 Å². The van der Waals surface area contributed by atoms with Crippen LogP contribution in [0.2, 0.25) is 0 Å². The first-order valence-corrected chi connectivity index (χ1v) is 13.3. The third-order valence-corrected chi connectivity index (χ3v) is 7.75. The van der Waals surface area contributed by atoms with E-state index in [2.05, 4.69) is 37.3 Å². The molecular weight excluding hydrogens is 452 g/mol. The number of imidazole rings is 1. The number of nitrogens with zero attached hydrogens (tertiary/aromatic N) is 4. The molecule has 1 aliphatic heterocycles. The first-order chi connectivity index (χ1) is 16.2. The van der Waals surface area contributed by atoms with Crippen LogP contribution in [0.1, 0.15) is 37.2 Å². The number of likely N-dealkylation sites (tertiary alicyclic amines) is 1. The molecule has 5 rings (SSSR count). The van der Waals surface area contributed by atoms with Gasteiger partial charge in [0.2, 0.25) is 5.91 Å². The summed E-state index contributed by atoms with van der Waals surface area (Å²) in [5.41, 5.74) is 6.66. The summed E-state index contributed by atoms with van der Waals surface area (Å²) in [6.45, 7) is 5.94. The predicted molar refractivity (Wildman–Crippen MR) is 135 cm³/mol. The molecule has 7 nitrogen and oxygen atoms in total. The molecule has 0 atom stereocenters. The summed E-state index contributed by atoms with van der Waals surface area (Å²) in [4.78, 5) is 32.2. The highest BCUT2D eigenvalue weighted by Gasteiger charge is 2.18. The third kappa shape index (κ3) is 5.31. The number of amides is 1. The molecule has 33 heavy (non-hydrogen) atoms. The summed E-state index contributed by atoms with van der Waals surface area (Å²) in [5.74, 6) is 0.881. The highest BCUT2D eigenvalue weighted by atomic mass is 32.1. The van der Waals surface area contributed by atoms with E-state index in [9.17, 15) is 4.79 Å². The second-order valence-electron chi connectivity index (χ2n) is 8.49. The molecule has 9 heteroatoms. The maximum atomic E-state index is 12.4. The highest BCUT2D eigenvalue weighted by molar-refractivity contribution is 7.16. The van der Waals surface area contributed by atoms with Gasteiger partial charge in [-0.1, -0.05) is 12.5 Å². The molecule has 1 fully saturated rings. The maximum Gasteiger partial charge on any atom is 0.220 e. The molecule has 3 aromatic heterocycles. The lowest BCUT2D eigenvalue weighted by atomic mass is 10.1. The van der Waals surface area contributed by atoms with Crippen LogP contribution in [0.4, 0.5) is 0 Å². The highest BCUT2D eigenvalue weighted by Crippen LogP contribution is 2.34. The first kappa shape index (κ1) is 22.2. The Balaban J connectivity index is 1.28. The molecule has 1 amide bonds. The number of carbonyl (C=O) groups is 1. The van der Waals surface area contributed by atoms with Crippen LogP contribution in [-0.4, -0.2) is 56.9 Å². The fraction of sp³-hybridized carbons (Fsp3) is 0.417. The number of aromatic nitrogens is 4. The van der Waals surface area contributed by atoms with Crippen molar-refractivity contribution in [2.45, 2.75) is 39.0 Å². The van der Waals surface area contributed by atoms with Gasteiger partial charge in [-0.3, -0.25) is 4.79 Å². The van der Waals surface area contributed by atoms with Crippen LogP contribution in [0.15, 0.2) is 29.1 Å². The van der Waals surface area contributed by atoms with Crippen molar-refractivity contribution in [1.29, 1.82) is 0 Å². The Bertz CT molecular complexity index is 1240. The van der Waals surface area contributed by atoms with Crippen LogP contribution >= 0.6 is 22.7 Å². The van der Waals surface area contributed by atoms with Crippen molar-refractivity contribution in [3.05, 3.63) is 40.6 Å². The minimum absolute atomic E-state index is 0.0719. The molecule has 0 bridgehead atoms. The summed E-state index contributed by atoms with van der Waals surface area (Å²) >= 11 is 3.23. The Kier molecular flexibility index (Phi) is 6.80. The van der Waals surface area contributed by atoms with Gasteiger partial charge >= 0.3 is 0 Å². The first-order valence-electron chi connectivity index (χ1n) is 11.5. The minimum Gasteiger partial charge on any atom is -0.355 e. The molecule has 2 N–H and O–H groups in total.